The third kappa shape index (κ3) is 3.70. The summed E-state index contributed by atoms with van der Waals surface area (Å²) in [7, 11) is 1.98. The highest BCUT2D eigenvalue weighted by Crippen LogP contribution is 2.21. The van der Waals surface area contributed by atoms with E-state index in [9.17, 15) is 0 Å². The summed E-state index contributed by atoms with van der Waals surface area (Å²) in [6.07, 6.45) is 3.70. The Morgan fingerprint density at radius 2 is 2.06 bits per heavy atom. The number of hydrogen-bond donors (Lipinski definition) is 1. The first kappa shape index (κ1) is 12.9. The van der Waals surface area contributed by atoms with Gasteiger partial charge in [-0.1, -0.05) is 23.7 Å². The second-order valence-corrected chi connectivity index (χ2v) is 5.17. The normalized spacial score (nSPS) is 16.6. The van der Waals surface area contributed by atoms with Crippen LogP contribution in [0.1, 0.15) is 24.0 Å². The number of rotatable bonds is 5. The lowest BCUT2D eigenvalue weighted by molar-refractivity contribution is 0.331. The number of benzene rings is 1. The van der Waals surface area contributed by atoms with Crippen molar-refractivity contribution in [1.82, 2.24) is 10.2 Å². The van der Waals surface area contributed by atoms with Crippen molar-refractivity contribution < 1.29 is 0 Å². The smallest absolute Gasteiger partial charge is 0.0453 e. The molecule has 0 amide bonds. The van der Waals surface area contributed by atoms with Gasteiger partial charge in [0.2, 0.25) is 0 Å². The van der Waals surface area contributed by atoms with Crippen LogP contribution < -0.4 is 5.32 Å². The van der Waals surface area contributed by atoms with Gasteiger partial charge in [0.15, 0.2) is 0 Å². The maximum Gasteiger partial charge on any atom is 0.0453 e. The fraction of sp³-hybridized carbons (Fsp3) is 0.571. The molecule has 0 atom stereocenters. The number of nitrogens with one attached hydrogen (secondary N) is 1. The summed E-state index contributed by atoms with van der Waals surface area (Å²) in [4.78, 5) is 2.48. The topological polar surface area (TPSA) is 15.3 Å². The van der Waals surface area contributed by atoms with Gasteiger partial charge in [-0.15, -0.1) is 0 Å². The average molecular weight is 253 g/mol. The Hall–Kier alpha value is -0.570. The van der Waals surface area contributed by atoms with Crippen molar-refractivity contribution in [3.63, 3.8) is 0 Å². The standard InChI is InChI=1S/C14H21ClN2/c1-16-7-6-12-4-5-13(14(15)10-12)11-17-8-2-3-9-17/h4-5,10,16H,2-3,6-9,11H2,1H3. The molecular formula is C14H21ClN2. The first-order valence-corrected chi connectivity index (χ1v) is 6.81. The highest BCUT2D eigenvalue weighted by molar-refractivity contribution is 6.31. The zero-order valence-corrected chi connectivity index (χ0v) is 11.3. The van der Waals surface area contributed by atoms with Crippen LogP contribution in [0.3, 0.4) is 0 Å². The molecule has 2 nitrogen and oxygen atoms in total. The first-order chi connectivity index (χ1) is 8.29. The molecule has 1 saturated heterocycles. The summed E-state index contributed by atoms with van der Waals surface area (Å²) in [6, 6.07) is 6.50. The lowest BCUT2D eigenvalue weighted by atomic mass is 10.1. The van der Waals surface area contributed by atoms with Crippen molar-refractivity contribution in [2.75, 3.05) is 26.7 Å². The van der Waals surface area contributed by atoms with Crippen LogP contribution in [0.15, 0.2) is 18.2 Å². The summed E-state index contributed by atoms with van der Waals surface area (Å²) in [5.41, 5.74) is 2.58. The van der Waals surface area contributed by atoms with Crippen LogP contribution in [0.25, 0.3) is 0 Å². The molecule has 0 saturated carbocycles. The lowest BCUT2D eigenvalue weighted by Gasteiger charge is -2.16. The molecule has 1 heterocycles. The van der Waals surface area contributed by atoms with E-state index in [-0.39, 0.29) is 0 Å². The van der Waals surface area contributed by atoms with Crippen LogP contribution in [0, 0.1) is 0 Å². The molecule has 2 rings (SSSR count). The number of nitrogens with zero attached hydrogens (tertiary/aromatic N) is 1. The van der Waals surface area contributed by atoms with Crippen molar-refractivity contribution in [3.8, 4) is 0 Å². The van der Waals surface area contributed by atoms with E-state index in [1.165, 1.54) is 37.1 Å². The summed E-state index contributed by atoms with van der Waals surface area (Å²) in [5.74, 6) is 0. The van der Waals surface area contributed by atoms with Crippen LogP contribution >= 0.6 is 11.6 Å². The van der Waals surface area contributed by atoms with Gasteiger partial charge in [0.25, 0.3) is 0 Å². The fourth-order valence-corrected chi connectivity index (χ4v) is 2.59. The second kappa shape index (κ2) is 6.39. The van der Waals surface area contributed by atoms with Gasteiger partial charge in [0, 0.05) is 11.6 Å². The van der Waals surface area contributed by atoms with Crippen LogP contribution in [-0.4, -0.2) is 31.6 Å². The summed E-state index contributed by atoms with van der Waals surface area (Å²) in [6.45, 7) is 4.45. The summed E-state index contributed by atoms with van der Waals surface area (Å²) < 4.78 is 0. The minimum Gasteiger partial charge on any atom is -0.319 e. The second-order valence-electron chi connectivity index (χ2n) is 4.76. The van der Waals surface area contributed by atoms with E-state index in [1.54, 1.807) is 0 Å². The molecular weight excluding hydrogens is 232 g/mol. The summed E-state index contributed by atoms with van der Waals surface area (Å²) >= 11 is 6.34. The predicted octanol–water partition coefficient (Wildman–Crippen LogP) is 2.70. The summed E-state index contributed by atoms with van der Waals surface area (Å²) in [5, 5.41) is 4.08. The van der Waals surface area contributed by atoms with Crippen molar-refractivity contribution in [1.29, 1.82) is 0 Å². The molecule has 1 fully saturated rings. The van der Waals surface area contributed by atoms with Crippen LogP contribution in [0.4, 0.5) is 0 Å². The number of hydrogen-bond acceptors (Lipinski definition) is 2. The number of halogens is 1. The molecule has 1 aliphatic heterocycles. The SMILES string of the molecule is CNCCc1ccc(CN2CCCC2)c(Cl)c1. The van der Waals surface area contributed by atoms with E-state index in [1.807, 2.05) is 7.05 Å². The Kier molecular flexibility index (Phi) is 4.84. The predicted molar refractivity (Wildman–Crippen MR) is 73.6 cm³/mol. The van der Waals surface area contributed by atoms with E-state index in [4.69, 9.17) is 11.6 Å². The van der Waals surface area contributed by atoms with Crippen molar-refractivity contribution in [3.05, 3.63) is 34.3 Å². The van der Waals surface area contributed by atoms with Gasteiger partial charge < -0.3 is 5.32 Å². The van der Waals surface area contributed by atoms with Gasteiger partial charge in [-0.2, -0.15) is 0 Å². The van der Waals surface area contributed by atoms with E-state index >= 15 is 0 Å². The third-order valence-electron chi connectivity index (χ3n) is 3.37. The van der Waals surface area contributed by atoms with Gasteiger partial charge in [0.05, 0.1) is 0 Å². The quantitative estimate of drug-likeness (QED) is 0.867. The lowest BCUT2D eigenvalue weighted by Crippen LogP contribution is -2.18. The van der Waals surface area contributed by atoms with Crippen molar-refractivity contribution in [2.24, 2.45) is 0 Å². The molecule has 1 aromatic carbocycles. The molecule has 1 aliphatic rings. The molecule has 0 radical (unpaired) electrons. The van der Waals surface area contributed by atoms with Gasteiger partial charge in [-0.3, -0.25) is 4.90 Å². The van der Waals surface area contributed by atoms with E-state index in [0.717, 1.165) is 24.5 Å². The van der Waals surface area contributed by atoms with Gasteiger partial charge in [-0.05, 0) is 63.1 Å². The highest BCUT2D eigenvalue weighted by atomic mass is 35.5. The first-order valence-electron chi connectivity index (χ1n) is 6.44. The van der Waals surface area contributed by atoms with Gasteiger partial charge >= 0.3 is 0 Å². The largest absolute Gasteiger partial charge is 0.319 e. The fourth-order valence-electron chi connectivity index (χ4n) is 2.33. The number of likely N-dealkylation sites (N-methyl/N-ethyl adjacent to an activating group) is 1. The molecule has 0 bridgehead atoms. The van der Waals surface area contributed by atoms with Crippen molar-refractivity contribution >= 4 is 11.6 Å². The molecule has 1 N–H and O–H groups in total. The maximum atomic E-state index is 6.34. The van der Waals surface area contributed by atoms with E-state index in [0.29, 0.717) is 0 Å². The molecule has 17 heavy (non-hydrogen) atoms. The minimum absolute atomic E-state index is 0.922. The minimum atomic E-state index is 0.922. The van der Waals surface area contributed by atoms with Gasteiger partial charge in [0.1, 0.15) is 0 Å². The molecule has 1 aromatic rings. The van der Waals surface area contributed by atoms with Crippen molar-refractivity contribution in [2.45, 2.75) is 25.8 Å². The Labute approximate surface area is 109 Å². The molecule has 94 valence electrons. The Morgan fingerprint density at radius 1 is 1.29 bits per heavy atom. The number of likely N-dealkylation sites (tertiary alicyclic amines) is 1. The Morgan fingerprint density at radius 3 is 2.71 bits per heavy atom. The Bertz CT molecular complexity index is 359. The monoisotopic (exact) mass is 252 g/mol. The maximum absolute atomic E-state index is 6.34. The van der Waals surface area contributed by atoms with Crippen LogP contribution in [0.5, 0.6) is 0 Å². The molecule has 3 heteroatoms. The van der Waals surface area contributed by atoms with E-state index < -0.39 is 0 Å². The molecule has 0 aromatic heterocycles. The average Bonchev–Trinajstić information content (AvgIpc) is 2.82. The molecule has 0 unspecified atom stereocenters. The van der Waals surface area contributed by atoms with E-state index in [2.05, 4.69) is 28.4 Å². The Balaban J connectivity index is 1.98. The van der Waals surface area contributed by atoms with Crippen LogP contribution in [-0.2, 0) is 13.0 Å². The molecule has 0 aliphatic carbocycles. The van der Waals surface area contributed by atoms with Gasteiger partial charge in [-0.25, -0.2) is 0 Å². The third-order valence-corrected chi connectivity index (χ3v) is 3.73. The zero-order chi connectivity index (χ0) is 12.1. The zero-order valence-electron chi connectivity index (χ0n) is 10.5. The van der Waals surface area contributed by atoms with Crippen LogP contribution in [0.2, 0.25) is 5.02 Å². The highest BCUT2D eigenvalue weighted by Gasteiger charge is 2.13. The molecule has 0 spiro atoms.